The van der Waals surface area contributed by atoms with Gasteiger partial charge in [0.25, 0.3) is 0 Å². The van der Waals surface area contributed by atoms with Crippen molar-refractivity contribution in [2.75, 3.05) is 0 Å². The van der Waals surface area contributed by atoms with Crippen LogP contribution in [0.2, 0.25) is 0 Å². The van der Waals surface area contributed by atoms with Gasteiger partial charge in [-0.25, -0.2) is 4.39 Å². The van der Waals surface area contributed by atoms with E-state index in [4.69, 9.17) is 0 Å². The largest absolute Gasteiger partial charge is 0.289 e. The first kappa shape index (κ1) is 18.0. The molecule has 0 aliphatic heterocycles. The molecule has 0 fully saturated rings. The number of carbonyl (C=O) groups is 1. The lowest BCUT2D eigenvalue weighted by molar-refractivity contribution is 0.104. The maximum atomic E-state index is 12.9. The van der Waals surface area contributed by atoms with E-state index in [1.54, 1.807) is 48.7 Å². The second-order valence-corrected chi connectivity index (χ2v) is 6.52. The van der Waals surface area contributed by atoms with Crippen molar-refractivity contribution in [2.45, 2.75) is 0 Å². The number of benzene rings is 3. The quantitative estimate of drug-likeness (QED) is 0.279. The molecule has 0 N–H and O–H groups in total. The number of halogens is 2. The molecule has 2 nitrogen and oxygen atoms in total. The first-order valence-corrected chi connectivity index (χ1v) is 8.77. The minimum absolute atomic E-state index is 0.0910. The maximum Gasteiger partial charge on any atom is 0.185 e. The van der Waals surface area contributed by atoms with Gasteiger partial charge < -0.3 is 0 Å². The average Bonchev–Trinajstić information content (AvgIpc) is 2.67. The Morgan fingerprint density at radius 2 is 1.62 bits per heavy atom. The Bertz CT molecular complexity index is 960. The molecule has 0 bridgehead atoms. The van der Waals surface area contributed by atoms with Crippen molar-refractivity contribution in [1.82, 2.24) is 0 Å². The summed E-state index contributed by atoms with van der Waals surface area (Å²) in [6.07, 6.45) is 4.97. The average molecular weight is 408 g/mol. The highest BCUT2D eigenvalue weighted by atomic mass is 79.9. The van der Waals surface area contributed by atoms with Crippen molar-refractivity contribution in [2.24, 2.45) is 4.99 Å². The van der Waals surface area contributed by atoms with Crippen LogP contribution in [0.15, 0.2) is 88.3 Å². The highest BCUT2D eigenvalue weighted by Gasteiger charge is 2.02. The van der Waals surface area contributed by atoms with Gasteiger partial charge in [-0.05, 0) is 53.6 Å². The van der Waals surface area contributed by atoms with E-state index >= 15 is 0 Å². The topological polar surface area (TPSA) is 29.4 Å². The van der Waals surface area contributed by atoms with Gasteiger partial charge in [0.05, 0.1) is 5.69 Å². The molecule has 0 spiro atoms. The summed E-state index contributed by atoms with van der Waals surface area (Å²) in [4.78, 5) is 16.7. The molecular formula is C22H15BrFNO. The van der Waals surface area contributed by atoms with E-state index in [2.05, 4.69) is 20.9 Å². The van der Waals surface area contributed by atoms with Crippen molar-refractivity contribution >= 4 is 39.7 Å². The Kier molecular flexibility index (Phi) is 5.87. The minimum Gasteiger partial charge on any atom is -0.289 e. The van der Waals surface area contributed by atoms with Crippen LogP contribution >= 0.6 is 15.9 Å². The van der Waals surface area contributed by atoms with Gasteiger partial charge in [-0.15, -0.1) is 0 Å². The van der Waals surface area contributed by atoms with Crippen molar-refractivity contribution in [1.29, 1.82) is 0 Å². The second-order valence-electron chi connectivity index (χ2n) is 5.61. The van der Waals surface area contributed by atoms with E-state index in [1.807, 2.05) is 30.3 Å². The fourth-order valence-electron chi connectivity index (χ4n) is 2.28. The molecule has 128 valence electrons. The highest BCUT2D eigenvalue weighted by molar-refractivity contribution is 9.10. The van der Waals surface area contributed by atoms with Crippen molar-refractivity contribution in [3.63, 3.8) is 0 Å². The molecular weight excluding hydrogens is 393 g/mol. The molecule has 0 aliphatic carbocycles. The van der Waals surface area contributed by atoms with E-state index in [0.717, 1.165) is 15.6 Å². The standard InChI is InChI=1S/C22H15BrFNO/c23-19-9-4-16(5-10-19)8-13-22(26)18-2-1-3-21(14-18)25-15-17-6-11-20(24)12-7-17/h1-15H. The molecule has 3 rings (SSSR count). The van der Waals surface area contributed by atoms with E-state index in [9.17, 15) is 9.18 Å². The van der Waals surface area contributed by atoms with E-state index < -0.39 is 0 Å². The number of hydrogen-bond donors (Lipinski definition) is 0. The van der Waals surface area contributed by atoms with Gasteiger partial charge in [0.2, 0.25) is 0 Å². The molecule has 3 aromatic rings. The molecule has 4 heteroatoms. The Morgan fingerprint density at radius 1 is 0.923 bits per heavy atom. The second kappa shape index (κ2) is 8.50. The maximum absolute atomic E-state index is 12.9. The van der Waals surface area contributed by atoms with Crippen LogP contribution in [0.4, 0.5) is 10.1 Å². The van der Waals surface area contributed by atoms with E-state index in [1.165, 1.54) is 12.1 Å². The highest BCUT2D eigenvalue weighted by Crippen LogP contribution is 2.16. The van der Waals surface area contributed by atoms with Gasteiger partial charge in [0, 0.05) is 16.3 Å². The zero-order valence-electron chi connectivity index (χ0n) is 13.8. The van der Waals surface area contributed by atoms with Crippen LogP contribution in [0.3, 0.4) is 0 Å². The third-order valence-electron chi connectivity index (χ3n) is 3.66. The summed E-state index contributed by atoms with van der Waals surface area (Å²) in [5, 5.41) is 0. The number of aliphatic imine (C=N–C) groups is 1. The van der Waals surface area contributed by atoms with Crippen LogP contribution in [-0.4, -0.2) is 12.0 Å². The predicted octanol–water partition coefficient (Wildman–Crippen LogP) is 6.23. The summed E-state index contributed by atoms with van der Waals surface area (Å²) >= 11 is 3.38. The molecule has 0 saturated carbocycles. The summed E-state index contributed by atoms with van der Waals surface area (Å²) in [5.41, 5.74) is 2.97. The molecule has 26 heavy (non-hydrogen) atoms. The number of hydrogen-bond acceptors (Lipinski definition) is 2. The zero-order chi connectivity index (χ0) is 18.4. The molecule has 0 aliphatic rings. The van der Waals surface area contributed by atoms with Crippen LogP contribution in [0, 0.1) is 5.82 Å². The van der Waals surface area contributed by atoms with E-state index in [0.29, 0.717) is 11.3 Å². The summed E-state index contributed by atoms with van der Waals surface area (Å²) in [7, 11) is 0. The van der Waals surface area contributed by atoms with Crippen LogP contribution in [0.5, 0.6) is 0 Å². The SMILES string of the molecule is O=C(C=Cc1ccc(Br)cc1)c1cccc(N=Cc2ccc(F)cc2)c1. The lowest BCUT2D eigenvalue weighted by Crippen LogP contribution is -1.93. The number of allylic oxidation sites excluding steroid dienone is 1. The first-order chi connectivity index (χ1) is 12.6. The number of nitrogens with zero attached hydrogens (tertiary/aromatic N) is 1. The Morgan fingerprint density at radius 3 is 2.35 bits per heavy atom. The molecule has 0 amide bonds. The van der Waals surface area contributed by atoms with Gasteiger partial charge in [0.1, 0.15) is 5.82 Å². The summed E-state index contributed by atoms with van der Waals surface area (Å²) in [6, 6.07) is 20.9. The monoisotopic (exact) mass is 407 g/mol. The number of ketones is 1. The first-order valence-electron chi connectivity index (χ1n) is 7.98. The molecule has 0 atom stereocenters. The van der Waals surface area contributed by atoms with Gasteiger partial charge in [-0.2, -0.15) is 0 Å². The lowest BCUT2D eigenvalue weighted by atomic mass is 10.1. The third kappa shape index (κ3) is 5.07. The van der Waals surface area contributed by atoms with Crippen molar-refractivity contribution in [3.05, 3.63) is 106 Å². The lowest BCUT2D eigenvalue weighted by Gasteiger charge is -1.99. The van der Waals surface area contributed by atoms with Gasteiger partial charge in [-0.1, -0.05) is 58.4 Å². The molecule has 0 radical (unpaired) electrons. The summed E-state index contributed by atoms with van der Waals surface area (Å²) in [5.74, 6) is -0.376. The number of carbonyl (C=O) groups excluding carboxylic acids is 1. The van der Waals surface area contributed by atoms with Crippen LogP contribution in [0.1, 0.15) is 21.5 Å². The van der Waals surface area contributed by atoms with Crippen LogP contribution in [0.25, 0.3) is 6.08 Å². The molecule has 0 unspecified atom stereocenters. The Labute approximate surface area is 159 Å². The minimum atomic E-state index is -0.285. The normalized spacial score (nSPS) is 11.3. The van der Waals surface area contributed by atoms with Crippen molar-refractivity contribution in [3.8, 4) is 0 Å². The molecule has 0 heterocycles. The smallest absolute Gasteiger partial charge is 0.185 e. The van der Waals surface area contributed by atoms with E-state index in [-0.39, 0.29) is 11.6 Å². The fraction of sp³-hybridized carbons (Fsp3) is 0. The summed E-state index contributed by atoms with van der Waals surface area (Å²) < 4.78 is 13.9. The molecule has 0 aromatic heterocycles. The zero-order valence-corrected chi connectivity index (χ0v) is 15.4. The van der Waals surface area contributed by atoms with Crippen molar-refractivity contribution < 1.29 is 9.18 Å². The van der Waals surface area contributed by atoms with Crippen LogP contribution in [-0.2, 0) is 0 Å². The Balaban J connectivity index is 1.72. The van der Waals surface area contributed by atoms with Gasteiger partial charge >= 0.3 is 0 Å². The third-order valence-corrected chi connectivity index (χ3v) is 4.19. The van der Waals surface area contributed by atoms with Gasteiger partial charge in [0.15, 0.2) is 5.78 Å². The molecule has 3 aromatic carbocycles. The predicted molar refractivity (Wildman–Crippen MR) is 108 cm³/mol. The Hall–Kier alpha value is -2.85. The van der Waals surface area contributed by atoms with Gasteiger partial charge in [-0.3, -0.25) is 9.79 Å². The molecule has 0 saturated heterocycles. The summed E-state index contributed by atoms with van der Waals surface area (Å²) in [6.45, 7) is 0. The number of rotatable bonds is 5. The van der Waals surface area contributed by atoms with Crippen LogP contribution < -0.4 is 0 Å². The fourth-order valence-corrected chi connectivity index (χ4v) is 2.54.